The second kappa shape index (κ2) is 8.55. The zero-order valence-corrected chi connectivity index (χ0v) is 20.2. The average molecular weight is 491 g/mol. The summed E-state index contributed by atoms with van der Waals surface area (Å²) in [4.78, 5) is 22.4. The van der Waals surface area contributed by atoms with Gasteiger partial charge in [0.25, 0.3) is 5.91 Å². The minimum absolute atomic E-state index is 0.000443. The summed E-state index contributed by atoms with van der Waals surface area (Å²) in [7, 11) is 0. The maximum Gasteiger partial charge on any atom is 0.261 e. The predicted molar refractivity (Wildman–Crippen MR) is 126 cm³/mol. The number of halogens is 2. The van der Waals surface area contributed by atoms with Crippen LogP contribution in [0.5, 0.6) is 11.5 Å². The number of fused-ring (bicyclic) bond motifs is 2. The highest BCUT2D eigenvalue weighted by atomic mass is 35.5. The molecule has 2 N–H and O–H groups in total. The van der Waals surface area contributed by atoms with Crippen LogP contribution in [0.4, 0.5) is 10.2 Å². The minimum atomic E-state index is -0.669. The number of anilines is 1. The third kappa shape index (κ3) is 3.85. The van der Waals surface area contributed by atoms with Crippen LogP contribution in [0.15, 0.2) is 18.2 Å². The molecule has 0 spiro atoms. The number of amides is 1. The lowest BCUT2D eigenvalue weighted by molar-refractivity contribution is -0.0424. The summed E-state index contributed by atoms with van der Waals surface area (Å²) in [6.45, 7) is 8.84. The van der Waals surface area contributed by atoms with Gasteiger partial charge in [-0.15, -0.1) is 0 Å². The first-order chi connectivity index (χ1) is 16.2. The van der Waals surface area contributed by atoms with Gasteiger partial charge in [0.1, 0.15) is 40.3 Å². The molecule has 2 fully saturated rings. The van der Waals surface area contributed by atoms with Gasteiger partial charge in [0.2, 0.25) is 0 Å². The van der Waals surface area contributed by atoms with Crippen LogP contribution in [-0.4, -0.2) is 78.0 Å². The van der Waals surface area contributed by atoms with Crippen molar-refractivity contribution in [3.63, 3.8) is 0 Å². The summed E-state index contributed by atoms with van der Waals surface area (Å²) in [6, 6.07) is 3.74. The van der Waals surface area contributed by atoms with Crippen molar-refractivity contribution in [2.24, 2.45) is 0 Å². The molecule has 4 heterocycles. The summed E-state index contributed by atoms with van der Waals surface area (Å²) >= 11 is 6.75. The Hall–Kier alpha value is -2.62. The Balaban J connectivity index is 1.76. The van der Waals surface area contributed by atoms with Crippen molar-refractivity contribution in [3.8, 4) is 22.8 Å². The largest absolute Gasteiger partial charge is 0.507 e. The van der Waals surface area contributed by atoms with Crippen LogP contribution < -0.4 is 15.0 Å². The fourth-order valence-electron chi connectivity index (χ4n) is 4.81. The normalized spacial score (nSPS) is 24.2. The first-order valence-corrected chi connectivity index (χ1v) is 11.8. The lowest BCUT2D eigenvalue weighted by atomic mass is 10.0. The first kappa shape index (κ1) is 23.1. The number of benzene rings is 1. The second-order valence-corrected chi connectivity index (χ2v) is 10.0. The van der Waals surface area contributed by atoms with E-state index in [4.69, 9.17) is 26.1 Å². The molecule has 3 aliphatic heterocycles. The van der Waals surface area contributed by atoms with Crippen molar-refractivity contribution >= 4 is 23.3 Å². The Morgan fingerprint density at radius 1 is 1.26 bits per heavy atom. The summed E-state index contributed by atoms with van der Waals surface area (Å²) < 4.78 is 27.0. The van der Waals surface area contributed by atoms with E-state index >= 15 is 0 Å². The van der Waals surface area contributed by atoms with Gasteiger partial charge in [-0.2, -0.15) is 0 Å². The van der Waals surface area contributed by atoms with Crippen LogP contribution in [0.3, 0.4) is 0 Å². The number of carbonyl (C=O) groups is 1. The number of piperazine rings is 1. The maximum atomic E-state index is 14.9. The van der Waals surface area contributed by atoms with E-state index in [1.165, 1.54) is 18.2 Å². The fourth-order valence-corrected chi connectivity index (χ4v) is 5.10. The number of hydrogen-bond donors (Lipinski definition) is 2. The van der Waals surface area contributed by atoms with E-state index in [1.54, 1.807) is 4.90 Å². The molecule has 2 saturated heterocycles. The van der Waals surface area contributed by atoms with Crippen LogP contribution in [0, 0.1) is 5.82 Å². The van der Waals surface area contributed by atoms with Gasteiger partial charge in [-0.1, -0.05) is 17.7 Å². The lowest BCUT2D eigenvalue weighted by Gasteiger charge is -2.44. The molecule has 2 atom stereocenters. The van der Waals surface area contributed by atoms with Crippen molar-refractivity contribution in [2.45, 2.75) is 38.5 Å². The number of aromatic nitrogens is 1. The summed E-state index contributed by atoms with van der Waals surface area (Å²) in [5, 5.41) is 13.8. The van der Waals surface area contributed by atoms with Gasteiger partial charge in [0.15, 0.2) is 5.75 Å². The molecule has 10 heteroatoms. The Morgan fingerprint density at radius 2 is 2.06 bits per heavy atom. The topological polar surface area (TPSA) is 87.2 Å². The molecule has 0 unspecified atom stereocenters. The van der Waals surface area contributed by atoms with E-state index in [9.17, 15) is 14.3 Å². The van der Waals surface area contributed by atoms with Crippen LogP contribution in [0.25, 0.3) is 11.3 Å². The minimum Gasteiger partial charge on any atom is -0.507 e. The van der Waals surface area contributed by atoms with Gasteiger partial charge in [-0.05, 0) is 32.9 Å². The van der Waals surface area contributed by atoms with Gasteiger partial charge in [0.05, 0.1) is 29.9 Å². The summed E-state index contributed by atoms with van der Waals surface area (Å²) in [6.07, 6.45) is 0. The molecule has 5 rings (SSSR count). The highest BCUT2D eigenvalue weighted by Crippen LogP contribution is 2.46. The molecule has 0 saturated carbocycles. The Morgan fingerprint density at radius 3 is 2.82 bits per heavy atom. The quantitative estimate of drug-likeness (QED) is 0.669. The van der Waals surface area contributed by atoms with Crippen LogP contribution in [0.2, 0.25) is 5.02 Å². The third-order valence-corrected chi connectivity index (χ3v) is 6.97. The van der Waals surface area contributed by atoms with E-state index < -0.39 is 11.4 Å². The number of hydrogen-bond acceptors (Lipinski definition) is 7. The monoisotopic (exact) mass is 490 g/mol. The maximum absolute atomic E-state index is 14.9. The average Bonchev–Trinajstić information content (AvgIpc) is 2.94. The Kier molecular flexibility index (Phi) is 5.82. The highest BCUT2D eigenvalue weighted by molar-refractivity contribution is 6.35. The SMILES string of the molecule is C[C@H]1COC(C)(C)CN1c1nc(-c2c(O)cccc2F)c(Cl)c2c1C(=O)N1CCNC[C@@H]1CO2. The van der Waals surface area contributed by atoms with Crippen LogP contribution in [-0.2, 0) is 4.74 Å². The number of carbonyl (C=O) groups excluding carboxylic acids is 1. The molecule has 34 heavy (non-hydrogen) atoms. The molecular formula is C24H28ClFN4O4. The van der Waals surface area contributed by atoms with E-state index in [2.05, 4.69) is 5.32 Å². The zero-order valence-electron chi connectivity index (χ0n) is 19.4. The molecule has 0 radical (unpaired) electrons. The van der Waals surface area contributed by atoms with Gasteiger partial charge < -0.3 is 29.7 Å². The molecule has 8 nitrogen and oxygen atoms in total. The molecule has 0 aliphatic carbocycles. The molecule has 3 aliphatic rings. The number of phenolic OH excluding ortho intramolecular Hbond substituents is 1. The van der Waals surface area contributed by atoms with Crippen LogP contribution >= 0.6 is 11.6 Å². The summed E-state index contributed by atoms with van der Waals surface area (Å²) in [5.41, 5.74) is -0.323. The van der Waals surface area contributed by atoms with E-state index in [0.717, 1.165) is 0 Å². The molecular weight excluding hydrogens is 463 g/mol. The standard InChI is InChI=1S/C24H28ClFN4O4/c1-13-10-34-24(2,3)12-30(13)22-18-21(33-11-14-9-27-7-8-29(14)23(18)32)19(25)20(28-22)17-15(26)5-4-6-16(17)31/h4-6,13-14,27,31H,7-12H2,1-3H3/t13-,14+/m0/s1. The number of ether oxygens (including phenoxy) is 2. The van der Waals surface area contributed by atoms with Gasteiger partial charge in [0, 0.05) is 26.2 Å². The van der Waals surface area contributed by atoms with Crippen molar-refractivity contribution < 1.29 is 23.8 Å². The molecule has 1 aromatic carbocycles. The zero-order chi connectivity index (χ0) is 24.2. The Labute approximate surface area is 202 Å². The molecule has 1 aromatic heterocycles. The van der Waals surface area contributed by atoms with Gasteiger partial charge in [-0.25, -0.2) is 9.37 Å². The Bertz CT molecular complexity index is 1120. The van der Waals surface area contributed by atoms with E-state index in [0.29, 0.717) is 38.6 Å². The number of nitrogens with zero attached hydrogens (tertiary/aromatic N) is 3. The third-order valence-electron chi connectivity index (χ3n) is 6.62. The molecule has 0 bridgehead atoms. The second-order valence-electron chi connectivity index (χ2n) is 9.65. The van der Waals surface area contributed by atoms with Crippen molar-refractivity contribution in [2.75, 3.05) is 44.3 Å². The molecule has 2 aromatic rings. The van der Waals surface area contributed by atoms with Gasteiger partial charge in [-0.3, -0.25) is 4.79 Å². The number of phenols is 1. The number of aromatic hydroxyl groups is 1. The molecule has 1 amide bonds. The van der Waals surface area contributed by atoms with Crippen molar-refractivity contribution in [1.29, 1.82) is 0 Å². The highest BCUT2D eigenvalue weighted by Gasteiger charge is 2.41. The van der Waals surface area contributed by atoms with Gasteiger partial charge >= 0.3 is 0 Å². The molecule has 182 valence electrons. The van der Waals surface area contributed by atoms with Crippen molar-refractivity contribution in [1.82, 2.24) is 15.2 Å². The number of rotatable bonds is 2. The fraction of sp³-hybridized carbons (Fsp3) is 0.500. The van der Waals surface area contributed by atoms with E-state index in [1.807, 2.05) is 25.7 Å². The number of morpholine rings is 1. The van der Waals surface area contributed by atoms with Crippen molar-refractivity contribution in [3.05, 3.63) is 34.6 Å². The predicted octanol–water partition coefficient (Wildman–Crippen LogP) is 3.06. The van der Waals surface area contributed by atoms with E-state index in [-0.39, 0.29) is 57.9 Å². The first-order valence-electron chi connectivity index (χ1n) is 11.4. The summed E-state index contributed by atoms with van der Waals surface area (Å²) in [5.74, 6) is -0.663. The number of pyridine rings is 1. The lowest BCUT2D eigenvalue weighted by Crippen LogP contribution is -2.56. The number of nitrogens with one attached hydrogen (secondary N) is 1. The smallest absolute Gasteiger partial charge is 0.261 e. The van der Waals surface area contributed by atoms with Crippen LogP contribution in [0.1, 0.15) is 31.1 Å².